The second kappa shape index (κ2) is 7.19. The molecule has 0 bridgehead atoms. The minimum absolute atomic E-state index is 0.352. The Kier molecular flexibility index (Phi) is 4.82. The van der Waals surface area contributed by atoms with Crippen LogP contribution in [0.15, 0.2) is 81.8 Å². The molecular formula is C19H13BrN2O2. The average Bonchev–Trinajstić information content (AvgIpc) is 2.60. The zero-order valence-electron chi connectivity index (χ0n) is 12.6. The first-order chi connectivity index (χ1) is 11.6. The molecule has 1 aliphatic rings. The van der Waals surface area contributed by atoms with Gasteiger partial charge >= 0.3 is 6.03 Å². The van der Waals surface area contributed by atoms with Crippen molar-refractivity contribution in [2.24, 2.45) is 4.99 Å². The first-order valence-corrected chi connectivity index (χ1v) is 8.06. The Morgan fingerprint density at radius 1 is 0.958 bits per heavy atom. The van der Waals surface area contributed by atoms with Gasteiger partial charge in [0, 0.05) is 10.7 Å². The normalized spacial score (nSPS) is 16.4. The molecule has 0 aliphatic carbocycles. The van der Waals surface area contributed by atoms with E-state index in [1.165, 1.54) is 6.21 Å². The molecule has 0 N–H and O–H groups in total. The summed E-state index contributed by atoms with van der Waals surface area (Å²) in [7, 11) is 0. The molecule has 4 nitrogen and oxygen atoms in total. The molecule has 0 radical (unpaired) electrons. The van der Waals surface area contributed by atoms with Crippen LogP contribution in [0, 0.1) is 0 Å². The monoisotopic (exact) mass is 380 g/mol. The van der Waals surface area contributed by atoms with Crippen molar-refractivity contribution >= 4 is 45.8 Å². The summed E-state index contributed by atoms with van der Waals surface area (Å²) in [4.78, 5) is 29.4. The van der Waals surface area contributed by atoms with Crippen molar-refractivity contribution in [2.45, 2.75) is 0 Å². The number of carbonyl (C=O) groups excluding carboxylic acids is 2. The fourth-order valence-electron chi connectivity index (χ4n) is 2.21. The SMILES string of the molecule is O=C1N=CC(=CC=Cc2ccccc2)C(=O)N1c1ccc(Br)cc1. The Morgan fingerprint density at radius 2 is 1.67 bits per heavy atom. The number of benzene rings is 2. The van der Waals surface area contributed by atoms with Gasteiger partial charge in [0.2, 0.25) is 0 Å². The van der Waals surface area contributed by atoms with E-state index in [9.17, 15) is 9.59 Å². The molecule has 0 saturated carbocycles. The summed E-state index contributed by atoms with van der Waals surface area (Å²) >= 11 is 3.33. The lowest BCUT2D eigenvalue weighted by molar-refractivity contribution is -0.114. The van der Waals surface area contributed by atoms with Gasteiger partial charge in [-0.3, -0.25) is 4.79 Å². The van der Waals surface area contributed by atoms with Crippen LogP contribution >= 0.6 is 15.9 Å². The lowest BCUT2D eigenvalue weighted by Gasteiger charge is -2.21. The fraction of sp³-hybridized carbons (Fsp3) is 0. The number of carbonyl (C=O) groups is 2. The number of halogens is 1. The smallest absolute Gasteiger partial charge is 0.268 e. The predicted octanol–water partition coefficient (Wildman–Crippen LogP) is 4.63. The standard InChI is InChI=1S/C19H13BrN2O2/c20-16-9-11-17(12-10-16)22-18(23)15(13-21-19(22)24)8-4-7-14-5-2-1-3-6-14/h1-13H. The number of aliphatic imine (C=N–C) groups is 1. The average molecular weight is 381 g/mol. The first kappa shape index (κ1) is 16.1. The molecule has 0 spiro atoms. The molecule has 3 rings (SSSR count). The predicted molar refractivity (Wildman–Crippen MR) is 99.1 cm³/mol. The molecule has 1 aliphatic heterocycles. The molecule has 2 aromatic carbocycles. The van der Waals surface area contributed by atoms with E-state index in [4.69, 9.17) is 0 Å². The zero-order valence-corrected chi connectivity index (χ0v) is 14.2. The highest BCUT2D eigenvalue weighted by Gasteiger charge is 2.28. The van der Waals surface area contributed by atoms with Crippen LogP contribution in [-0.2, 0) is 4.79 Å². The minimum Gasteiger partial charge on any atom is -0.268 e. The largest absolute Gasteiger partial charge is 0.355 e. The first-order valence-electron chi connectivity index (χ1n) is 7.26. The van der Waals surface area contributed by atoms with Gasteiger partial charge < -0.3 is 0 Å². The van der Waals surface area contributed by atoms with Crippen LogP contribution in [0.2, 0.25) is 0 Å². The molecule has 0 atom stereocenters. The fourth-order valence-corrected chi connectivity index (χ4v) is 2.48. The van der Waals surface area contributed by atoms with Gasteiger partial charge in [0.05, 0.1) is 11.3 Å². The lowest BCUT2D eigenvalue weighted by Crippen LogP contribution is -2.39. The number of hydrogen-bond donors (Lipinski definition) is 0. The Labute approximate surface area is 148 Å². The molecule has 24 heavy (non-hydrogen) atoms. The Morgan fingerprint density at radius 3 is 2.38 bits per heavy atom. The van der Waals surface area contributed by atoms with Crippen molar-refractivity contribution in [1.82, 2.24) is 0 Å². The van der Waals surface area contributed by atoms with Gasteiger partial charge in [-0.1, -0.05) is 58.4 Å². The van der Waals surface area contributed by atoms with Crippen LogP contribution in [0.5, 0.6) is 0 Å². The molecule has 0 unspecified atom stereocenters. The Bertz CT molecular complexity index is 853. The van der Waals surface area contributed by atoms with Gasteiger partial charge in [-0.15, -0.1) is 0 Å². The van der Waals surface area contributed by atoms with E-state index >= 15 is 0 Å². The highest BCUT2D eigenvalue weighted by molar-refractivity contribution is 9.10. The van der Waals surface area contributed by atoms with E-state index in [1.54, 1.807) is 36.4 Å². The van der Waals surface area contributed by atoms with Crippen LogP contribution in [0.25, 0.3) is 6.08 Å². The van der Waals surface area contributed by atoms with Gasteiger partial charge in [0.25, 0.3) is 5.91 Å². The molecule has 0 fully saturated rings. The summed E-state index contributed by atoms with van der Waals surface area (Å²) in [6.07, 6.45) is 6.60. The molecule has 2 aromatic rings. The maximum absolute atomic E-state index is 12.6. The summed E-state index contributed by atoms with van der Waals surface area (Å²) in [5.74, 6) is -0.393. The van der Waals surface area contributed by atoms with Crippen LogP contribution in [0.1, 0.15) is 5.56 Å². The summed E-state index contributed by atoms with van der Waals surface area (Å²) in [5, 5.41) is 0. The number of imide groups is 1. The van der Waals surface area contributed by atoms with E-state index in [1.807, 2.05) is 36.4 Å². The third kappa shape index (κ3) is 3.58. The quantitative estimate of drug-likeness (QED) is 0.729. The van der Waals surface area contributed by atoms with Crippen molar-refractivity contribution in [2.75, 3.05) is 4.90 Å². The van der Waals surface area contributed by atoms with E-state index < -0.39 is 11.9 Å². The van der Waals surface area contributed by atoms with Gasteiger partial charge in [0.1, 0.15) is 0 Å². The van der Waals surface area contributed by atoms with Gasteiger partial charge in [0.15, 0.2) is 0 Å². The molecule has 118 valence electrons. The number of anilines is 1. The summed E-state index contributed by atoms with van der Waals surface area (Å²) in [5.41, 5.74) is 1.86. The molecular weight excluding hydrogens is 368 g/mol. The summed E-state index contributed by atoms with van der Waals surface area (Å²) in [6.45, 7) is 0. The number of allylic oxidation sites excluding steroid dienone is 2. The van der Waals surface area contributed by atoms with Crippen LogP contribution in [0.4, 0.5) is 10.5 Å². The third-order valence-electron chi connectivity index (χ3n) is 3.40. The van der Waals surface area contributed by atoms with Crippen LogP contribution in [-0.4, -0.2) is 18.2 Å². The Balaban J connectivity index is 1.85. The van der Waals surface area contributed by atoms with Crippen molar-refractivity contribution < 1.29 is 9.59 Å². The third-order valence-corrected chi connectivity index (χ3v) is 3.93. The van der Waals surface area contributed by atoms with E-state index in [0.29, 0.717) is 11.3 Å². The van der Waals surface area contributed by atoms with E-state index in [0.717, 1.165) is 14.9 Å². The molecule has 0 aromatic heterocycles. The zero-order chi connectivity index (χ0) is 16.9. The van der Waals surface area contributed by atoms with Crippen LogP contribution in [0.3, 0.4) is 0 Å². The van der Waals surface area contributed by atoms with E-state index in [2.05, 4.69) is 20.9 Å². The van der Waals surface area contributed by atoms with Crippen LogP contribution < -0.4 is 4.90 Å². The highest BCUT2D eigenvalue weighted by atomic mass is 79.9. The number of hydrogen-bond acceptors (Lipinski definition) is 2. The number of rotatable bonds is 3. The summed E-state index contributed by atoms with van der Waals surface area (Å²) in [6, 6.07) is 16.1. The molecule has 0 saturated heterocycles. The van der Waals surface area contributed by atoms with Crippen molar-refractivity contribution in [1.29, 1.82) is 0 Å². The van der Waals surface area contributed by atoms with Gasteiger partial charge in [-0.2, -0.15) is 0 Å². The Hall–Kier alpha value is -2.79. The number of amides is 3. The maximum Gasteiger partial charge on any atom is 0.355 e. The topological polar surface area (TPSA) is 49.7 Å². The maximum atomic E-state index is 12.6. The molecule has 5 heteroatoms. The summed E-state index contributed by atoms with van der Waals surface area (Å²) < 4.78 is 0.869. The number of urea groups is 1. The van der Waals surface area contributed by atoms with E-state index in [-0.39, 0.29) is 0 Å². The number of nitrogens with zero attached hydrogens (tertiary/aromatic N) is 2. The van der Waals surface area contributed by atoms with Crippen molar-refractivity contribution in [3.8, 4) is 0 Å². The molecule has 3 amide bonds. The molecule has 1 heterocycles. The minimum atomic E-state index is -0.591. The second-order valence-electron chi connectivity index (χ2n) is 5.05. The van der Waals surface area contributed by atoms with Crippen molar-refractivity contribution in [3.63, 3.8) is 0 Å². The lowest BCUT2D eigenvalue weighted by atomic mass is 10.1. The second-order valence-corrected chi connectivity index (χ2v) is 5.97. The van der Waals surface area contributed by atoms with Crippen molar-refractivity contribution in [3.05, 3.63) is 82.4 Å². The van der Waals surface area contributed by atoms with Gasteiger partial charge in [-0.05, 0) is 35.9 Å². The van der Waals surface area contributed by atoms with Gasteiger partial charge in [-0.25, -0.2) is 14.7 Å². The highest BCUT2D eigenvalue weighted by Crippen LogP contribution is 2.22.